The van der Waals surface area contributed by atoms with Gasteiger partial charge in [-0.05, 0) is 18.1 Å². The van der Waals surface area contributed by atoms with E-state index >= 15 is 0 Å². The van der Waals surface area contributed by atoms with Gasteiger partial charge >= 0.3 is 0 Å². The third kappa shape index (κ3) is 3.60. The average Bonchev–Trinajstić information content (AvgIpc) is 2.56. The van der Waals surface area contributed by atoms with Crippen LogP contribution >= 0.6 is 0 Å². The van der Waals surface area contributed by atoms with Gasteiger partial charge in [-0.25, -0.2) is 0 Å². The molecule has 0 aromatic heterocycles. The van der Waals surface area contributed by atoms with Crippen molar-refractivity contribution in [1.82, 2.24) is 4.90 Å². The maximum Gasteiger partial charge on any atom is 0.239 e. The Hall–Kier alpha value is -2.17. The zero-order chi connectivity index (χ0) is 16.2. The van der Waals surface area contributed by atoms with Gasteiger partial charge in [0.15, 0.2) is 0 Å². The maximum absolute atomic E-state index is 12.1. The van der Waals surface area contributed by atoms with E-state index in [1.165, 1.54) is 0 Å². The number of ether oxygens (including phenoxy) is 1. The van der Waals surface area contributed by atoms with E-state index in [0.717, 1.165) is 11.1 Å². The second kappa shape index (κ2) is 6.94. The summed E-state index contributed by atoms with van der Waals surface area (Å²) >= 11 is 0. The second-order valence-corrected chi connectivity index (χ2v) is 6.02. The van der Waals surface area contributed by atoms with Gasteiger partial charge in [0, 0.05) is 13.1 Å². The maximum atomic E-state index is 12.1. The Kier molecular flexibility index (Phi) is 4.74. The van der Waals surface area contributed by atoms with Crippen LogP contribution in [-0.2, 0) is 9.53 Å². The molecule has 1 aliphatic rings. The predicted molar refractivity (Wildman–Crippen MR) is 89.7 cm³/mol. The molecule has 4 heteroatoms. The van der Waals surface area contributed by atoms with Gasteiger partial charge < -0.3 is 10.5 Å². The SMILES string of the molecule is CC1CN(C(C(N)=O)c2ccccc2)CC(c2ccccc2)O1. The van der Waals surface area contributed by atoms with Gasteiger partial charge in [-0.1, -0.05) is 60.7 Å². The van der Waals surface area contributed by atoms with Crippen molar-refractivity contribution in [3.8, 4) is 0 Å². The van der Waals surface area contributed by atoms with E-state index in [9.17, 15) is 4.79 Å². The first-order valence-corrected chi connectivity index (χ1v) is 7.94. The zero-order valence-electron chi connectivity index (χ0n) is 13.3. The fraction of sp³-hybridized carbons (Fsp3) is 0.316. The molecule has 0 spiro atoms. The number of amides is 1. The topological polar surface area (TPSA) is 55.6 Å². The first kappa shape index (κ1) is 15.7. The first-order valence-electron chi connectivity index (χ1n) is 7.94. The minimum Gasteiger partial charge on any atom is -0.368 e. The highest BCUT2D eigenvalue weighted by atomic mass is 16.5. The smallest absolute Gasteiger partial charge is 0.239 e. The molecule has 1 amide bonds. The van der Waals surface area contributed by atoms with E-state index in [1.807, 2.05) is 55.5 Å². The van der Waals surface area contributed by atoms with Gasteiger partial charge in [0.1, 0.15) is 6.04 Å². The lowest BCUT2D eigenvalue weighted by Crippen LogP contribution is -2.48. The van der Waals surface area contributed by atoms with Crippen LogP contribution in [0.4, 0.5) is 0 Å². The normalized spacial score (nSPS) is 23.3. The molecule has 0 saturated carbocycles. The largest absolute Gasteiger partial charge is 0.368 e. The van der Waals surface area contributed by atoms with E-state index < -0.39 is 6.04 Å². The Balaban J connectivity index is 1.86. The summed E-state index contributed by atoms with van der Waals surface area (Å²) in [5.74, 6) is -0.322. The third-order valence-corrected chi connectivity index (χ3v) is 4.21. The van der Waals surface area contributed by atoms with Crippen molar-refractivity contribution in [3.63, 3.8) is 0 Å². The van der Waals surface area contributed by atoms with Gasteiger partial charge in [0.2, 0.25) is 5.91 Å². The van der Waals surface area contributed by atoms with Crippen LogP contribution in [0.3, 0.4) is 0 Å². The van der Waals surface area contributed by atoms with Gasteiger partial charge in [-0.2, -0.15) is 0 Å². The van der Waals surface area contributed by atoms with Crippen LogP contribution in [0.25, 0.3) is 0 Å². The zero-order valence-corrected chi connectivity index (χ0v) is 13.3. The number of nitrogens with zero attached hydrogens (tertiary/aromatic N) is 1. The molecule has 23 heavy (non-hydrogen) atoms. The lowest BCUT2D eigenvalue weighted by Gasteiger charge is -2.40. The van der Waals surface area contributed by atoms with Crippen LogP contribution in [0.1, 0.15) is 30.2 Å². The molecule has 3 rings (SSSR count). The Morgan fingerprint density at radius 1 is 1.09 bits per heavy atom. The molecule has 120 valence electrons. The van der Waals surface area contributed by atoms with E-state index in [-0.39, 0.29) is 18.1 Å². The third-order valence-electron chi connectivity index (χ3n) is 4.21. The van der Waals surface area contributed by atoms with Gasteiger partial charge in [-0.15, -0.1) is 0 Å². The Bertz CT molecular complexity index is 645. The van der Waals surface area contributed by atoms with Crippen molar-refractivity contribution in [1.29, 1.82) is 0 Å². The highest BCUT2D eigenvalue weighted by Gasteiger charge is 2.34. The van der Waals surface area contributed by atoms with Crippen molar-refractivity contribution < 1.29 is 9.53 Å². The summed E-state index contributed by atoms with van der Waals surface area (Å²) in [6, 6.07) is 19.4. The van der Waals surface area contributed by atoms with Gasteiger partial charge in [0.05, 0.1) is 12.2 Å². The molecule has 2 N–H and O–H groups in total. The molecule has 3 atom stereocenters. The van der Waals surface area contributed by atoms with Gasteiger partial charge in [-0.3, -0.25) is 9.69 Å². The summed E-state index contributed by atoms with van der Waals surface area (Å²) < 4.78 is 6.07. The van der Waals surface area contributed by atoms with Crippen LogP contribution < -0.4 is 5.73 Å². The highest BCUT2D eigenvalue weighted by Crippen LogP contribution is 2.30. The van der Waals surface area contributed by atoms with Crippen LogP contribution in [0.2, 0.25) is 0 Å². The van der Waals surface area contributed by atoms with Crippen molar-refractivity contribution in [3.05, 3.63) is 71.8 Å². The van der Waals surface area contributed by atoms with E-state index in [2.05, 4.69) is 17.0 Å². The van der Waals surface area contributed by atoms with E-state index in [4.69, 9.17) is 10.5 Å². The lowest BCUT2D eigenvalue weighted by atomic mass is 10.0. The number of carbonyl (C=O) groups excluding carboxylic acids is 1. The van der Waals surface area contributed by atoms with Gasteiger partial charge in [0.25, 0.3) is 0 Å². The molecule has 0 bridgehead atoms. The molecule has 1 saturated heterocycles. The van der Waals surface area contributed by atoms with Crippen molar-refractivity contribution in [2.24, 2.45) is 5.73 Å². The van der Waals surface area contributed by atoms with Crippen LogP contribution in [0.5, 0.6) is 0 Å². The molecule has 1 heterocycles. The molecule has 3 unspecified atom stereocenters. The molecule has 4 nitrogen and oxygen atoms in total. The Morgan fingerprint density at radius 2 is 1.70 bits per heavy atom. The van der Waals surface area contributed by atoms with Crippen LogP contribution in [0.15, 0.2) is 60.7 Å². The molecule has 1 fully saturated rings. The minimum atomic E-state index is -0.422. The fourth-order valence-corrected chi connectivity index (χ4v) is 3.24. The van der Waals surface area contributed by atoms with E-state index in [1.54, 1.807) is 0 Å². The standard InChI is InChI=1S/C19H22N2O2/c1-14-12-21(13-17(23-14)15-8-4-2-5-9-15)18(19(20)22)16-10-6-3-7-11-16/h2-11,14,17-18H,12-13H2,1H3,(H2,20,22). The summed E-state index contributed by atoms with van der Waals surface area (Å²) in [5.41, 5.74) is 7.76. The molecular weight excluding hydrogens is 288 g/mol. The molecule has 2 aromatic rings. The summed E-state index contributed by atoms with van der Waals surface area (Å²) in [4.78, 5) is 14.2. The number of rotatable bonds is 4. The first-order chi connectivity index (χ1) is 11.1. The summed E-state index contributed by atoms with van der Waals surface area (Å²) in [6.07, 6.45) is -0.00923. The second-order valence-electron chi connectivity index (χ2n) is 6.02. The number of hydrogen-bond donors (Lipinski definition) is 1. The van der Waals surface area contributed by atoms with Crippen molar-refractivity contribution in [2.45, 2.75) is 25.2 Å². The monoisotopic (exact) mass is 310 g/mol. The fourth-order valence-electron chi connectivity index (χ4n) is 3.24. The Morgan fingerprint density at radius 3 is 2.30 bits per heavy atom. The number of primary amides is 1. The molecule has 0 radical (unpaired) electrons. The summed E-state index contributed by atoms with van der Waals surface area (Å²) in [6.45, 7) is 3.37. The number of hydrogen-bond acceptors (Lipinski definition) is 3. The van der Waals surface area contributed by atoms with E-state index in [0.29, 0.717) is 13.1 Å². The Labute approximate surface area is 136 Å². The highest BCUT2D eigenvalue weighted by molar-refractivity contribution is 5.81. The summed E-state index contributed by atoms with van der Waals surface area (Å²) in [7, 11) is 0. The average molecular weight is 310 g/mol. The summed E-state index contributed by atoms with van der Waals surface area (Å²) in [5, 5.41) is 0. The number of nitrogens with two attached hydrogens (primary N) is 1. The molecule has 2 aromatic carbocycles. The number of morpholine rings is 1. The molecule has 1 aliphatic heterocycles. The molecular formula is C19H22N2O2. The van der Waals surface area contributed by atoms with Crippen molar-refractivity contribution >= 4 is 5.91 Å². The van der Waals surface area contributed by atoms with Crippen LogP contribution in [-0.4, -0.2) is 30.0 Å². The predicted octanol–water partition coefficient (Wildman–Crippen LogP) is 2.68. The minimum absolute atomic E-state index is 0.0412. The number of carbonyl (C=O) groups is 1. The number of benzene rings is 2. The van der Waals surface area contributed by atoms with Crippen molar-refractivity contribution in [2.75, 3.05) is 13.1 Å². The molecule has 0 aliphatic carbocycles. The quantitative estimate of drug-likeness (QED) is 0.944. The lowest BCUT2D eigenvalue weighted by molar-refractivity contribution is -0.131. The van der Waals surface area contributed by atoms with Crippen LogP contribution in [0, 0.1) is 0 Å².